The normalized spacial score (nSPS) is 12.2. The predicted molar refractivity (Wildman–Crippen MR) is 120 cm³/mol. The number of fused-ring (bicyclic) bond motifs is 1. The summed E-state index contributed by atoms with van der Waals surface area (Å²) in [6, 6.07) is 23.9. The van der Waals surface area contributed by atoms with Gasteiger partial charge in [0.25, 0.3) is 5.91 Å². The van der Waals surface area contributed by atoms with Crippen molar-refractivity contribution < 1.29 is 4.79 Å². The molecule has 0 aliphatic rings. The number of hydrogen-bond acceptors (Lipinski definition) is 4. The highest BCUT2D eigenvalue weighted by Crippen LogP contribution is 2.26. The highest BCUT2D eigenvalue weighted by Gasteiger charge is 2.19. The molecular weight excluding hydrogens is 378 g/mol. The van der Waals surface area contributed by atoms with Crippen LogP contribution in [0.4, 0.5) is 0 Å². The number of hydrogen-bond donors (Lipinski definition) is 1. The number of carbonyl (C=O) groups excluding carboxylic acids is 1. The molecule has 0 aliphatic heterocycles. The number of benzene rings is 2. The van der Waals surface area contributed by atoms with Crippen LogP contribution in [0, 0.1) is 0 Å². The first kappa shape index (κ1) is 19.3. The molecule has 0 spiro atoms. The highest BCUT2D eigenvalue weighted by atomic mass is 32.1. The Morgan fingerprint density at radius 1 is 1.03 bits per heavy atom. The molecule has 0 fully saturated rings. The maximum atomic E-state index is 13.2. The van der Waals surface area contributed by atoms with Crippen molar-refractivity contribution in [3.63, 3.8) is 0 Å². The van der Waals surface area contributed by atoms with E-state index in [1.54, 1.807) is 11.3 Å². The van der Waals surface area contributed by atoms with Gasteiger partial charge in [-0.3, -0.25) is 4.79 Å². The molecule has 1 atom stereocenters. The van der Waals surface area contributed by atoms with Crippen LogP contribution in [0.5, 0.6) is 0 Å². The van der Waals surface area contributed by atoms with Crippen molar-refractivity contribution >= 4 is 28.1 Å². The van der Waals surface area contributed by atoms with Crippen molar-refractivity contribution in [2.24, 2.45) is 0 Å². The Labute approximate surface area is 174 Å². The fraction of sp³-hybridized carbons (Fsp3) is 0.167. The molecule has 0 bridgehead atoms. The van der Waals surface area contributed by atoms with Crippen LogP contribution in [0.1, 0.15) is 21.3 Å². The third-order valence-electron chi connectivity index (χ3n) is 4.98. The maximum absolute atomic E-state index is 13.2. The molecule has 2 aromatic heterocycles. The zero-order chi connectivity index (χ0) is 20.2. The maximum Gasteiger partial charge on any atom is 0.252 e. The second kappa shape index (κ2) is 8.55. The van der Waals surface area contributed by atoms with Crippen LogP contribution >= 0.6 is 11.3 Å². The molecule has 0 aliphatic carbocycles. The number of rotatable bonds is 6. The summed E-state index contributed by atoms with van der Waals surface area (Å²) in [5.74, 6) is -0.0795. The lowest BCUT2D eigenvalue weighted by Gasteiger charge is -2.23. The first-order valence-electron chi connectivity index (χ1n) is 9.56. The average molecular weight is 402 g/mol. The van der Waals surface area contributed by atoms with Gasteiger partial charge in [-0.1, -0.05) is 54.6 Å². The Morgan fingerprint density at radius 2 is 1.79 bits per heavy atom. The standard InChI is InChI=1S/C24H23N3OS/c1-27(2)22(23-13-8-14-29-23)16-25-24(28)19-15-21(17-9-4-3-5-10-17)26-20-12-7-6-11-18(19)20/h3-15,22H,16H2,1-2H3,(H,25,28)/t22-/m0/s1. The van der Waals surface area contributed by atoms with E-state index in [1.807, 2.05) is 80.8 Å². The predicted octanol–water partition coefficient (Wildman–Crippen LogP) is 5.00. The van der Waals surface area contributed by atoms with Crippen LogP contribution in [-0.4, -0.2) is 36.4 Å². The number of likely N-dealkylation sites (N-methyl/N-ethyl adjacent to an activating group) is 1. The van der Waals surface area contributed by atoms with E-state index >= 15 is 0 Å². The van der Waals surface area contributed by atoms with Gasteiger partial charge in [0.2, 0.25) is 0 Å². The van der Waals surface area contributed by atoms with Gasteiger partial charge in [0.05, 0.1) is 22.8 Å². The summed E-state index contributed by atoms with van der Waals surface area (Å²) < 4.78 is 0. The highest BCUT2D eigenvalue weighted by molar-refractivity contribution is 7.10. The van der Waals surface area contributed by atoms with Crippen molar-refractivity contribution in [1.29, 1.82) is 0 Å². The molecule has 1 N–H and O–H groups in total. The number of para-hydroxylation sites is 1. The molecule has 1 amide bonds. The van der Waals surface area contributed by atoms with Crippen LogP contribution in [0.15, 0.2) is 78.2 Å². The van der Waals surface area contributed by atoms with E-state index < -0.39 is 0 Å². The second-order valence-corrected chi connectivity index (χ2v) is 8.12. The van der Waals surface area contributed by atoms with Crippen LogP contribution in [0.2, 0.25) is 0 Å². The largest absolute Gasteiger partial charge is 0.350 e. The average Bonchev–Trinajstić information content (AvgIpc) is 3.28. The van der Waals surface area contributed by atoms with Crippen LogP contribution in [0.3, 0.4) is 0 Å². The fourth-order valence-electron chi connectivity index (χ4n) is 3.42. The van der Waals surface area contributed by atoms with Crippen LogP contribution in [0.25, 0.3) is 22.2 Å². The minimum Gasteiger partial charge on any atom is -0.350 e. The molecular formula is C24H23N3OS. The number of thiophene rings is 1. The fourth-order valence-corrected chi connectivity index (χ4v) is 4.35. The quantitative estimate of drug-likeness (QED) is 0.495. The molecule has 29 heavy (non-hydrogen) atoms. The lowest BCUT2D eigenvalue weighted by molar-refractivity contribution is 0.0944. The molecule has 4 aromatic rings. The molecule has 146 valence electrons. The van der Waals surface area contributed by atoms with Gasteiger partial charge >= 0.3 is 0 Å². The summed E-state index contributed by atoms with van der Waals surface area (Å²) in [6.45, 7) is 0.545. The van der Waals surface area contributed by atoms with Crippen molar-refractivity contribution in [2.75, 3.05) is 20.6 Å². The molecule has 0 radical (unpaired) electrons. The van der Waals surface area contributed by atoms with Crippen molar-refractivity contribution in [3.8, 4) is 11.3 Å². The van der Waals surface area contributed by atoms with Gasteiger partial charge in [-0.05, 0) is 37.7 Å². The number of pyridine rings is 1. The van der Waals surface area contributed by atoms with E-state index in [0.717, 1.165) is 22.2 Å². The minimum atomic E-state index is -0.0795. The topological polar surface area (TPSA) is 45.2 Å². The number of amides is 1. The van der Waals surface area contributed by atoms with Gasteiger partial charge in [0, 0.05) is 22.4 Å². The first-order valence-corrected chi connectivity index (χ1v) is 10.4. The zero-order valence-electron chi connectivity index (χ0n) is 16.5. The van der Waals surface area contributed by atoms with Crippen molar-refractivity contribution in [3.05, 3.63) is 88.6 Å². The zero-order valence-corrected chi connectivity index (χ0v) is 17.3. The summed E-state index contributed by atoms with van der Waals surface area (Å²) in [5.41, 5.74) is 3.27. The number of nitrogens with one attached hydrogen (secondary N) is 1. The van der Waals surface area contributed by atoms with E-state index in [2.05, 4.69) is 21.7 Å². The summed E-state index contributed by atoms with van der Waals surface area (Å²) in [6.07, 6.45) is 0. The summed E-state index contributed by atoms with van der Waals surface area (Å²) in [4.78, 5) is 21.3. The van der Waals surface area contributed by atoms with Crippen LogP contribution < -0.4 is 5.32 Å². The molecule has 2 aromatic carbocycles. The van der Waals surface area contributed by atoms with Gasteiger partial charge in [0.1, 0.15) is 0 Å². The smallest absolute Gasteiger partial charge is 0.252 e. The van der Waals surface area contributed by atoms with Gasteiger partial charge in [-0.2, -0.15) is 0 Å². The van der Waals surface area contributed by atoms with E-state index in [1.165, 1.54) is 4.88 Å². The lowest BCUT2D eigenvalue weighted by atomic mass is 10.0. The first-order chi connectivity index (χ1) is 14.1. The van der Waals surface area contributed by atoms with Gasteiger partial charge in [0.15, 0.2) is 0 Å². The Bertz CT molecular complexity index is 1110. The third-order valence-corrected chi connectivity index (χ3v) is 5.95. The Balaban J connectivity index is 1.66. The van der Waals surface area contributed by atoms with E-state index in [4.69, 9.17) is 4.98 Å². The minimum absolute atomic E-state index is 0.0795. The van der Waals surface area contributed by atoms with Crippen LogP contribution in [-0.2, 0) is 0 Å². The van der Waals surface area contributed by atoms with Gasteiger partial charge in [-0.25, -0.2) is 4.98 Å². The van der Waals surface area contributed by atoms with E-state index in [-0.39, 0.29) is 11.9 Å². The van der Waals surface area contributed by atoms with Gasteiger partial charge in [-0.15, -0.1) is 11.3 Å². The second-order valence-electron chi connectivity index (χ2n) is 7.14. The van der Waals surface area contributed by atoms with Crippen molar-refractivity contribution in [1.82, 2.24) is 15.2 Å². The summed E-state index contributed by atoms with van der Waals surface area (Å²) >= 11 is 1.71. The molecule has 4 rings (SSSR count). The monoisotopic (exact) mass is 401 g/mol. The van der Waals surface area contributed by atoms with E-state index in [0.29, 0.717) is 12.1 Å². The van der Waals surface area contributed by atoms with Gasteiger partial charge < -0.3 is 10.2 Å². The number of aromatic nitrogens is 1. The molecule has 4 nitrogen and oxygen atoms in total. The summed E-state index contributed by atoms with van der Waals surface area (Å²) in [7, 11) is 4.07. The SMILES string of the molecule is CN(C)[C@@H](CNC(=O)c1cc(-c2ccccc2)nc2ccccc12)c1cccs1. The number of nitrogens with zero attached hydrogens (tertiary/aromatic N) is 2. The summed E-state index contributed by atoms with van der Waals surface area (Å²) in [5, 5.41) is 6.07. The number of carbonyl (C=O) groups is 1. The van der Waals surface area contributed by atoms with E-state index in [9.17, 15) is 4.79 Å². The molecule has 0 unspecified atom stereocenters. The molecule has 5 heteroatoms. The lowest BCUT2D eigenvalue weighted by Crippen LogP contribution is -2.34. The Kier molecular flexibility index (Phi) is 5.69. The molecule has 0 saturated carbocycles. The molecule has 0 saturated heterocycles. The molecule has 2 heterocycles. The third kappa shape index (κ3) is 4.21. The Morgan fingerprint density at radius 3 is 2.52 bits per heavy atom. The van der Waals surface area contributed by atoms with Crippen molar-refractivity contribution in [2.45, 2.75) is 6.04 Å². The Hall–Kier alpha value is -3.02.